The molecule has 4 heteroatoms. The van der Waals surface area contributed by atoms with Gasteiger partial charge in [0.25, 0.3) is 0 Å². The lowest BCUT2D eigenvalue weighted by molar-refractivity contribution is -0.125. The second kappa shape index (κ2) is 5.80. The summed E-state index contributed by atoms with van der Waals surface area (Å²) < 4.78 is 0. The number of pyridine rings is 1. The zero-order valence-electron chi connectivity index (χ0n) is 11.3. The van der Waals surface area contributed by atoms with Crippen LogP contribution in [0.15, 0.2) is 36.5 Å². The highest BCUT2D eigenvalue weighted by Crippen LogP contribution is 2.15. The SMILES string of the molecule is CC(N)C(C)C(=O)NCc1cccc2cccnc12. The molecule has 4 nitrogen and oxygen atoms in total. The fourth-order valence-corrected chi connectivity index (χ4v) is 1.89. The molecule has 0 aliphatic heterocycles. The molecule has 2 unspecified atom stereocenters. The van der Waals surface area contributed by atoms with Crippen molar-refractivity contribution in [2.75, 3.05) is 0 Å². The highest BCUT2D eigenvalue weighted by atomic mass is 16.1. The molecule has 1 heterocycles. The van der Waals surface area contributed by atoms with Gasteiger partial charge in [-0.15, -0.1) is 0 Å². The lowest BCUT2D eigenvalue weighted by Crippen LogP contribution is -2.38. The van der Waals surface area contributed by atoms with Gasteiger partial charge in [-0.05, 0) is 18.6 Å². The van der Waals surface area contributed by atoms with E-state index in [0.717, 1.165) is 16.5 Å². The molecule has 2 rings (SSSR count). The van der Waals surface area contributed by atoms with E-state index in [9.17, 15) is 4.79 Å². The van der Waals surface area contributed by atoms with Gasteiger partial charge < -0.3 is 11.1 Å². The third-order valence-corrected chi connectivity index (χ3v) is 3.37. The molecule has 0 fully saturated rings. The molecule has 0 aliphatic rings. The Balaban J connectivity index is 2.12. The molecule has 3 N–H and O–H groups in total. The molecule has 2 aromatic rings. The van der Waals surface area contributed by atoms with Gasteiger partial charge in [-0.2, -0.15) is 0 Å². The van der Waals surface area contributed by atoms with Crippen LogP contribution in [-0.2, 0) is 11.3 Å². The summed E-state index contributed by atoms with van der Waals surface area (Å²) in [5.41, 5.74) is 7.67. The fraction of sp³-hybridized carbons (Fsp3) is 0.333. The summed E-state index contributed by atoms with van der Waals surface area (Å²) in [5, 5.41) is 3.99. The van der Waals surface area contributed by atoms with E-state index in [0.29, 0.717) is 6.54 Å². The van der Waals surface area contributed by atoms with E-state index >= 15 is 0 Å². The Morgan fingerprint density at radius 2 is 2.05 bits per heavy atom. The summed E-state index contributed by atoms with van der Waals surface area (Å²) in [6, 6.07) is 9.73. The third kappa shape index (κ3) is 3.09. The molecule has 1 aromatic carbocycles. The van der Waals surface area contributed by atoms with E-state index in [1.54, 1.807) is 6.20 Å². The predicted molar refractivity (Wildman–Crippen MR) is 76.4 cm³/mol. The summed E-state index contributed by atoms with van der Waals surface area (Å²) in [5.74, 6) is -0.217. The topological polar surface area (TPSA) is 68.0 Å². The van der Waals surface area contributed by atoms with Crippen molar-refractivity contribution < 1.29 is 4.79 Å². The minimum absolute atomic E-state index is 0.0251. The highest BCUT2D eigenvalue weighted by molar-refractivity contribution is 5.83. The van der Waals surface area contributed by atoms with Gasteiger partial charge in [0.1, 0.15) is 0 Å². The number of amides is 1. The van der Waals surface area contributed by atoms with Crippen molar-refractivity contribution in [1.29, 1.82) is 0 Å². The van der Waals surface area contributed by atoms with Crippen molar-refractivity contribution in [1.82, 2.24) is 10.3 Å². The van der Waals surface area contributed by atoms with Crippen molar-refractivity contribution in [2.24, 2.45) is 11.7 Å². The van der Waals surface area contributed by atoms with Crippen LogP contribution in [0, 0.1) is 5.92 Å². The largest absolute Gasteiger partial charge is 0.352 e. The summed E-state index contributed by atoms with van der Waals surface area (Å²) >= 11 is 0. The Kier molecular flexibility index (Phi) is 4.12. The van der Waals surface area contributed by atoms with E-state index in [2.05, 4.69) is 10.3 Å². The second-order valence-corrected chi connectivity index (χ2v) is 4.86. The molecule has 1 amide bonds. The Bertz CT molecular complexity index is 575. The highest BCUT2D eigenvalue weighted by Gasteiger charge is 2.16. The zero-order valence-corrected chi connectivity index (χ0v) is 11.3. The normalized spacial score (nSPS) is 14.1. The van der Waals surface area contributed by atoms with E-state index < -0.39 is 0 Å². The number of carbonyl (C=O) groups excluding carboxylic acids is 1. The quantitative estimate of drug-likeness (QED) is 0.878. The first-order valence-corrected chi connectivity index (χ1v) is 6.45. The Labute approximate surface area is 113 Å². The number of para-hydroxylation sites is 1. The lowest BCUT2D eigenvalue weighted by atomic mass is 10.0. The monoisotopic (exact) mass is 257 g/mol. The molecule has 0 aliphatic carbocycles. The number of aromatic nitrogens is 1. The Morgan fingerprint density at radius 3 is 2.79 bits per heavy atom. The van der Waals surface area contributed by atoms with E-state index in [4.69, 9.17) is 5.73 Å². The van der Waals surface area contributed by atoms with Gasteiger partial charge >= 0.3 is 0 Å². The minimum Gasteiger partial charge on any atom is -0.352 e. The molecule has 0 saturated heterocycles. The van der Waals surface area contributed by atoms with Crippen molar-refractivity contribution >= 4 is 16.8 Å². The first-order chi connectivity index (χ1) is 9.09. The third-order valence-electron chi connectivity index (χ3n) is 3.37. The van der Waals surface area contributed by atoms with Crippen LogP contribution in [-0.4, -0.2) is 16.9 Å². The van der Waals surface area contributed by atoms with Crippen LogP contribution in [0.4, 0.5) is 0 Å². The van der Waals surface area contributed by atoms with Crippen LogP contribution in [0.5, 0.6) is 0 Å². The maximum absolute atomic E-state index is 11.9. The molecule has 19 heavy (non-hydrogen) atoms. The molecular formula is C15H19N3O. The molecule has 0 radical (unpaired) electrons. The average molecular weight is 257 g/mol. The van der Waals surface area contributed by atoms with Crippen molar-refractivity contribution in [2.45, 2.75) is 26.4 Å². The van der Waals surface area contributed by atoms with Crippen LogP contribution in [0.25, 0.3) is 10.9 Å². The van der Waals surface area contributed by atoms with Gasteiger partial charge in [-0.25, -0.2) is 0 Å². The van der Waals surface area contributed by atoms with Gasteiger partial charge in [0.2, 0.25) is 5.91 Å². The molecule has 100 valence electrons. The van der Waals surface area contributed by atoms with Gasteiger partial charge in [-0.1, -0.05) is 31.2 Å². The minimum atomic E-state index is -0.192. The van der Waals surface area contributed by atoms with Crippen molar-refractivity contribution in [3.05, 3.63) is 42.1 Å². The number of nitrogens with two attached hydrogens (primary N) is 1. The molecule has 2 atom stereocenters. The van der Waals surface area contributed by atoms with Gasteiger partial charge in [0.05, 0.1) is 5.52 Å². The Hall–Kier alpha value is -1.94. The second-order valence-electron chi connectivity index (χ2n) is 4.86. The summed E-state index contributed by atoms with van der Waals surface area (Å²) in [4.78, 5) is 16.2. The number of rotatable bonds is 4. The first-order valence-electron chi connectivity index (χ1n) is 6.45. The van der Waals surface area contributed by atoms with E-state index in [1.807, 2.05) is 44.2 Å². The van der Waals surface area contributed by atoms with Crippen LogP contribution in [0.3, 0.4) is 0 Å². The summed E-state index contributed by atoms with van der Waals surface area (Å²) in [7, 11) is 0. The summed E-state index contributed by atoms with van der Waals surface area (Å²) in [6.07, 6.45) is 1.76. The number of carbonyl (C=O) groups is 1. The van der Waals surface area contributed by atoms with Gasteiger partial charge in [0.15, 0.2) is 0 Å². The maximum Gasteiger partial charge on any atom is 0.224 e. The van der Waals surface area contributed by atoms with Crippen molar-refractivity contribution in [3.8, 4) is 0 Å². The van der Waals surface area contributed by atoms with E-state index in [-0.39, 0.29) is 17.9 Å². The van der Waals surface area contributed by atoms with Crippen LogP contribution in [0.1, 0.15) is 19.4 Å². The molecule has 1 aromatic heterocycles. The van der Waals surface area contributed by atoms with Crippen LogP contribution < -0.4 is 11.1 Å². The standard InChI is InChI=1S/C15H19N3O/c1-10(11(2)16)15(19)18-9-13-6-3-5-12-7-4-8-17-14(12)13/h3-8,10-11H,9,16H2,1-2H3,(H,18,19). The summed E-state index contributed by atoms with van der Waals surface area (Å²) in [6.45, 7) is 4.15. The molecule has 0 saturated carbocycles. The number of nitrogens with one attached hydrogen (secondary N) is 1. The Morgan fingerprint density at radius 1 is 1.32 bits per heavy atom. The zero-order chi connectivity index (χ0) is 13.8. The van der Waals surface area contributed by atoms with Gasteiger partial charge in [0, 0.05) is 30.1 Å². The molecule has 0 spiro atoms. The lowest BCUT2D eigenvalue weighted by Gasteiger charge is -2.15. The fourth-order valence-electron chi connectivity index (χ4n) is 1.89. The van der Waals surface area contributed by atoms with Crippen LogP contribution >= 0.6 is 0 Å². The predicted octanol–water partition coefficient (Wildman–Crippen LogP) is 1.83. The number of benzene rings is 1. The maximum atomic E-state index is 11.9. The number of nitrogens with zero attached hydrogens (tertiary/aromatic N) is 1. The number of fused-ring (bicyclic) bond motifs is 1. The van der Waals surface area contributed by atoms with E-state index in [1.165, 1.54) is 0 Å². The van der Waals surface area contributed by atoms with Gasteiger partial charge in [-0.3, -0.25) is 9.78 Å². The number of hydrogen-bond donors (Lipinski definition) is 2. The van der Waals surface area contributed by atoms with Crippen molar-refractivity contribution in [3.63, 3.8) is 0 Å². The van der Waals surface area contributed by atoms with Crippen LogP contribution in [0.2, 0.25) is 0 Å². The molecule has 0 bridgehead atoms. The molecular weight excluding hydrogens is 238 g/mol. The first kappa shape index (κ1) is 13.5. The number of hydrogen-bond acceptors (Lipinski definition) is 3. The average Bonchev–Trinajstić information content (AvgIpc) is 2.43. The smallest absolute Gasteiger partial charge is 0.224 e.